The fourth-order valence-corrected chi connectivity index (χ4v) is 3.42. The molecule has 0 aliphatic heterocycles. The van der Waals surface area contributed by atoms with Crippen LogP contribution in [0.15, 0.2) is 72.8 Å². The molecule has 2 nitrogen and oxygen atoms in total. The number of hydrogen-bond acceptors (Lipinski definition) is 2. The lowest BCUT2D eigenvalue weighted by Crippen LogP contribution is -1.96. The Bertz CT molecular complexity index is 1020. The summed E-state index contributed by atoms with van der Waals surface area (Å²) in [6.45, 7) is 0. The maximum absolute atomic E-state index is 6.52. The van der Waals surface area contributed by atoms with Crippen LogP contribution < -0.4 is 0 Å². The molecule has 0 radical (unpaired) electrons. The van der Waals surface area contributed by atoms with Crippen LogP contribution >= 0.6 is 23.2 Å². The van der Waals surface area contributed by atoms with Crippen molar-refractivity contribution in [2.24, 2.45) is 0 Å². The molecule has 3 aromatic carbocycles. The molecular formula is C20H12Cl2N2. The molecule has 0 aliphatic rings. The van der Waals surface area contributed by atoms with Gasteiger partial charge in [0.05, 0.1) is 10.5 Å². The van der Waals surface area contributed by atoms with Gasteiger partial charge in [-0.05, 0) is 17.7 Å². The van der Waals surface area contributed by atoms with Crippen molar-refractivity contribution in [1.29, 1.82) is 0 Å². The average molecular weight is 351 g/mol. The summed E-state index contributed by atoms with van der Waals surface area (Å²) in [5.41, 5.74) is 4.50. The average Bonchev–Trinajstić information content (AvgIpc) is 2.62. The van der Waals surface area contributed by atoms with Crippen LogP contribution in [0.5, 0.6) is 0 Å². The van der Waals surface area contributed by atoms with Crippen LogP contribution in [0, 0.1) is 0 Å². The summed E-state index contributed by atoms with van der Waals surface area (Å²) in [6.07, 6.45) is 0. The summed E-state index contributed by atoms with van der Waals surface area (Å²) in [4.78, 5) is 0. The van der Waals surface area contributed by atoms with Crippen LogP contribution in [0.3, 0.4) is 0 Å². The molecule has 1 aromatic heterocycles. The van der Waals surface area contributed by atoms with Crippen molar-refractivity contribution in [3.05, 3.63) is 82.8 Å². The van der Waals surface area contributed by atoms with Crippen LogP contribution in [0.2, 0.25) is 10.0 Å². The largest absolute Gasteiger partial charge is 0.150 e. The second-order valence-electron chi connectivity index (χ2n) is 5.44. The van der Waals surface area contributed by atoms with Crippen LogP contribution in [0.25, 0.3) is 33.3 Å². The minimum Gasteiger partial charge on any atom is -0.150 e. The molecule has 4 heteroatoms. The van der Waals surface area contributed by atoms with E-state index in [0.29, 0.717) is 15.6 Å². The minimum atomic E-state index is 0.549. The Morgan fingerprint density at radius 2 is 1.29 bits per heavy atom. The van der Waals surface area contributed by atoms with Crippen LogP contribution in [-0.4, -0.2) is 10.2 Å². The van der Waals surface area contributed by atoms with Gasteiger partial charge < -0.3 is 0 Å². The van der Waals surface area contributed by atoms with E-state index in [1.165, 1.54) is 0 Å². The minimum absolute atomic E-state index is 0.549. The topological polar surface area (TPSA) is 25.8 Å². The van der Waals surface area contributed by atoms with Gasteiger partial charge in [0.15, 0.2) is 0 Å². The molecule has 4 rings (SSSR count). The zero-order valence-electron chi connectivity index (χ0n) is 12.6. The number of fused-ring (bicyclic) bond motifs is 1. The number of aromatic nitrogens is 2. The molecule has 0 fully saturated rings. The Hall–Kier alpha value is -2.42. The van der Waals surface area contributed by atoms with E-state index in [-0.39, 0.29) is 0 Å². The summed E-state index contributed by atoms with van der Waals surface area (Å²) in [5.74, 6) is 0. The standard InChI is InChI=1S/C20H12Cl2N2/c21-15-11-16(22)19-17(12-15)23-24-20(14-9-5-2-6-10-14)18(19)13-7-3-1-4-8-13/h1-12H. The molecule has 0 atom stereocenters. The first-order valence-electron chi connectivity index (χ1n) is 7.50. The maximum Gasteiger partial charge on any atom is 0.101 e. The molecule has 0 saturated heterocycles. The second kappa shape index (κ2) is 6.23. The van der Waals surface area contributed by atoms with Gasteiger partial charge in [0.2, 0.25) is 0 Å². The highest BCUT2D eigenvalue weighted by molar-refractivity contribution is 6.39. The molecule has 0 spiro atoms. The molecule has 0 bridgehead atoms. The van der Waals surface area contributed by atoms with Gasteiger partial charge in [0.25, 0.3) is 0 Å². The Kier molecular flexibility index (Phi) is 3.93. The van der Waals surface area contributed by atoms with Gasteiger partial charge in [-0.1, -0.05) is 83.9 Å². The molecule has 4 aromatic rings. The Labute approximate surface area is 149 Å². The predicted molar refractivity (Wildman–Crippen MR) is 100 cm³/mol. The third-order valence-electron chi connectivity index (χ3n) is 3.89. The van der Waals surface area contributed by atoms with Crippen LogP contribution in [-0.2, 0) is 0 Å². The summed E-state index contributed by atoms with van der Waals surface area (Å²) < 4.78 is 0. The molecule has 0 saturated carbocycles. The van der Waals surface area contributed by atoms with Crippen molar-refractivity contribution in [2.75, 3.05) is 0 Å². The third-order valence-corrected chi connectivity index (χ3v) is 4.40. The highest BCUT2D eigenvalue weighted by atomic mass is 35.5. The smallest absolute Gasteiger partial charge is 0.101 e. The lowest BCUT2D eigenvalue weighted by molar-refractivity contribution is 1.08. The summed E-state index contributed by atoms with van der Waals surface area (Å²) in [6, 6.07) is 23.6. The summed E-state index contributed by atoms with van der Waals surface area (Å²) in [7, 11) is 0. The third kappa shape index (κ3) is 2.64. The van der Waals surface area contributed by atoms with E-state index in [4.69, 9.17) is 23.2 Å². The van der Waals surface area contributed by atoms with Gasteiger partial charge >= 0.3 is 0 Å². The van der Waals surface area contributed by atoms with E-state index in [1.807, 2.05) is 60.7 Å². The highest BCUT2D eigenvalue weighted by Crippen LogP contribution is 2.39. The molecule has 24 heavy (non-hydrogen) atoms. The molecular weight excluding hydrogens is 339 g/mol. The van der Waals surface area contributed by atoms with E-state index in [9.17, 15) is 0 Å². The first-order valence-corrected chi connectivity index (χ1v) is 8.26. The van der Waals surface area contributed by atoms with Gasteiger partial charge in [0.1, 0.15) is 5.69 Å². The quantitative estimate of drug-likeness (QED) is 0.425. The zero-order chi connectivity index (χ0) is 16.5. The van der Waals surface area contributed by atoms with Crippen LogP contribution in [0.4, 0.5) is 0 Å². The molecule has 0 unspecified atom stereocenters. The van der Waals surface area contributed by atoms with Gasteiger partial charge in [-0.25, -0.2) is 0 Å². The maximum atomic E-state index is 6.52. The number of nitrogens with zero attached hydrogens (tertiary/aromatic N) is 2. The SMILES string of the molecule is Clc1cc(Cl)c2c(-c3ccccc3)c(-c3ccccc3)nnc2c1. The number of halogens is 2. The van der Waals surface area contributed by atoms with E-state index in [1.54, 1.807) is 12.1 Å². The fourth-order valence-electron chi connectivity index (χ4n) is 2.84. The molecule has 1 heterocycles. The van der Waals surface area contributed by atoms with E-state index in [0.717, 1.165) is 27.8 Å². The number of hydrogen-bond donors (Lipinski definition) is 0. The molecule has 0 amide bonds. The van der Waals surface area contributed by atoms with E-state index < -0.39 is 0 Å². The van der Waals surface area contributed by atoms with Crippen LogP contribution in [0.1, 0.15) is 0 Å². The Balaban J connectivity index is 2.14. The lowest BCUT2D eigenvalue weighted by Gasteiger charge is -2.13. The first kappa shape index (κ1) is 15.1. The van der Waals surface area contributed by atoms with Crippen molar-refractivity contribution < 1.29 is 0 Å². The van der Waals surface area contributed by atoms with Crippen molar-refractivity contribution in [2.45, 2.75) is 0 Å². The van der Waals surface area contributed by atoms with Crippen molar-refractivity contribution >= 4 is 34.1 Å². The summed E-state index contributed by atoms with van der Waals surface area (Å²) in [5, 5.41) is 10.8. The van der Waals surface area contributed by atoms with E-state index in [2.05, 4.69) is 10.2 Å². The normalized spacial score (nSPS) is 10.9. The monoisotopic (exact) mass is 350 g/mol. The molecule has 116 valence electrons. The van der Waals surface area contributed by atoms with Crippen molar-refractivity contribution in [3.63, 3.8) is 0 Å². The Morgan fingerprint density at radius 1 is 0.667 bits per heavy atom. The Morgan fingerprint density at radius 3 is 1.96 bits per heavy atom. The van der Waals surface area contributed by atoms with Gasteiger partial charge in [-0.15, -0.1) is 10.2 Å². The number of rotatable bonds is 2. The van der Waals surface area contributed by atoms with E-state index >= 15 is 0 Å². The molecule has 0 N–H and O–H groups in total. The van der Waals surface area contributed by atoms with Gasteiger partial charge in [-0.3, -0.25) is 0 Å². The van der Waals surface area contributed by atoms with Crippen molar-refractivity contribution in [3.8, 4) is 22.4 Å². The van der Waals surface area contributed by atoms with Gasteiger partial charge in [0, 0.05) is 21.5 Å². The zero-order valence-corrected chi connectivity index (χ0v) is 14.1. The predicted octanol–water partition coefficient (Wildman–Crippen LogP) is 6.27. The fraction of sp³-hybridized carbons (Fsp3) is 0. The molecule has 0 aliphatic carbocycles. The first-order chi connectivity index (χ1) is 11.7. The number of benzene rings is 3. The van der Waals surface area contributed by atoms with Crippen molar-refractivity contribution in [1.82, 2.24) is 10.2 Å². The second-order valence-corrected chi connectivity index (χ2v) is 6.28. The summed E-state index contributed by atoms with van der Waals surface area (Å²) >= 11 is 12.7. The highest BCUT2D eigenvalue weighted by Gasteiger charge is 2.17. The van der Waals surface area contributed by atoms with Gasteiger partial charge in [-0.2, -0.15) is 0 Å². The lowest BCUT2D eigenvalue weighted by atomic mass is 9.96.